The third-order valence-corrected chi connectivity index (χ3v) is 4.80. The molecule has 1 aliphatic carbocycles. The summed E-state index contributed by atoms with van der Waals surface area (Å²) in [5.74, 6) is 3.10. The Labute approximate surface area is 140 Å². The lowest BCUT2D eigenvalue weighted by Crippen LogP contribution is -2.30. The van der Waals surface area contributed by atoms with E-state index in [1.54, 1.807) is 7.11 Å². The van der Waals surface area contributed by atoms with E-state index in [0.717, 1.165) is 50.1 Å². The largest absolute Gasteiger partial charge is 0.497 e. The highest BCUT2D eigenvalue weighted by atomic mass is 16.5. The Hall–Kier alpha value is -2.37. The highest BCUT2D eigenvalue weighted by Crippen LogP contribution is 2.33. The van der Waals surface area contributed by atoms with Gasteiger partial charge in [0.25, 0.3) is 5.89 Å². The van der Waals surface area contributed by atoms with Crippen molar-refractivity contribution in [3.63, 3.8) is 0 Å². The number of hydrogen-bond donors (Lipinski definition) is 0. The van der Waals surface area contributed by atoms with Crippen LogP contribution in [-0.4, -0.2) is 41.1 Å². The molecule has 24 heavy (non-hydrogen) atoms. The van der Waals surface area contributed by atoms with Crippen LogP contribution in [0.4, 0.5) is 0 Å². The number of carbonyl (C=O) groups excluding carboxylic acids is 1. The Morgan fingerprint density at radius 2 is 2.08 bits per heavy atom. The molecule has 1 amide bonds. The SMILES string of the molecule is COc1ccc(-c2nc(CC3CCN(C(=O)C4CC4)C3)no2)cc1. The molecule has 6 nitrogen and oxygen atoms in total. The normalized spacial score (nSPS) is 20.4. The maximum absolute atomic E-state index is 12.1. The van der Waals surface area contributed by atoms with E-state index in [0.29, 0.717) is 29.5 Å². The molecular weight excluding hydrogens is 306 g/mol. The maximum Gasteiger partial charge on any atom is 0.257 e. The summed E-state index contributed by atoms with van der Waals surface area (Å²) in [6, 6.07) is 7.55. The first-order chi connectivity index (χ1) is 11.7. The van der Waals surface area contributed by atoms with Crippen molar-refractivity contribution in [3.8, 4) is 17.2 Å². The first-order valence-electron chi connectivity index (χ1n) is 8.48. The molecule has 2 heterocycles. The third kappa shape index (κ3) is 3.13. The summed E-state index contributed by atoms with van der Waals surface area (Å²) >= 11 is 0. The fourth-order valence-corrected chi connectivity index (χ4v) is 3.23. The summed E-state index contributed by atoms with van der Waals surface area (Å²) in [4.78, 5) is 18.6. The number of hydrogen-bond acceptors (Lipinski definition) is 5. The third-order valence-electron chi connectivity index (χ3n) is 4.80. The van der Waals surface area contributed by atoms with Crippen molar-refractivity contribution in [3.05, 3.63) is 30.1 Å². The van der Waals surface area contributed by atoms with E-state index in [9.17, 15) is 4.79 Å². The number of ether oxygens (including phenoxy) is 1. The van der Waals surface area contributed by atoms with Gasteiger partial charge in [-0.15, -0.1) is 0 Å². The molecule has 2 aromatic rings. The van der Waals surface area contributed by atoms with Crippen LogP contribution in [0.25, 0.3) is 11.5 Å². The molecule has 1 unspecified atom stereocenters. The molecule has 0 bridgehead atoms. The van der Waals surface area contributed by atoms with E-state index in [4.69, 9.17) is 9.26 Å². The summed E-state index contributed by atoms with van der Waals surface area (Å²) in [6.45, 7) is 1.69. The fraction of sp³-hybridized carbons (Fsp3) is 0.500. The second-order valence-electron chi connectivity index (χ2n) is 6.66. The van der Waals surface area contributed by atoms with Crippen molar-refractivity contribution in [2.75, 3.05) is 20.2 Å². The van der Waals surface area contributed by atoms with E-state index < -0.39 is 0 Å². The Kier molecular flexibility index (Phi) is 3.96. The topological polar surface area (TPSA) is 68.5 Å². The summed E-state index contributed by atoms with van der Waals surface area (Å²) in [7, 11) is 1.64. The van der Waals surface area contributed by atoms with Crippen LogP contribution in [0.2, 0.25) is 0 Å². The Morgan fingerprint density at radius 1 is 1.29 bits per heavy atom. The molecular formula is C18H21N3O3. The van der Waals surface area contributed by atoms with E-state index in [1.165, 1.54) is 0 Å². The molecule has 0 N–H and O–H groups in total. The van der Waals surface area contributed by atoms with E-state index in [2.05, 4.69) is 10.1 Å². The van der Waals surface area contributed by atoms with Crippen LogP contribution in [0.15, 0.2) is 28.8 Å². The zero-order valence-electron chi connectivity index (χ0n) is 13.8. The van der Waals surface area contributed by atoms with Crippen molar-refractivity contribution in [1.29, 1.82) is 0 Å². The molecule has 1 saturated heterocycles. The van der Waals surface area contributed by atoms with Crippen LogP contribution in [0, 0.1) is 11.8 Å². The molecule has 126 valence electrons. The number of carbonyl (C=O) groups is 1. The van der Waals surface area contributed by atoms with Crippen LogP contribution < -0.4 is 4.74 Å². The Bertz CT molecular complexity index is 721. The maximum atomic E-state index is 12.1. The van der Waals surface area contributed by atoms with Gasteiger partial charge in [0.2, 0.25) is 5.91 Å². The second kappa shape index (κ2) is 6.26. The smallest absolute Gasteiger partial charge is 0.257 e. The molecule has 1 atom stereocenters. The number of nitrogens with zero attached hydrogens (tertiary/aromatic N) is 3. The standard InChI is InChI=1S/C18H21N3O3/c1-23-15-6-4-13(5-7-15)17-19-16(20-24-17)10-12-8-9-21(11-12)18(22)14-2-3-14/h4-7,12,14H,2-3,8-11H2,1H3. The zero-order valence-corrected chi connectivity index (χ0v) is 13.8. The minimum atomic E-state index is 0.301. The molecule has 1 aromatic heterocycles. The Balaban J connectivity index is 1.37. The quantitative estimate of drug-likeness (QED) is 0.844. The van der Waals surface area contributed by atoms with Gasteiger partial charge in [0.05, 0.1) is 7.11 Å². The van der Waals surface area contributed by atoms with Crippen LogP contribution >= 0.6 is 0 Å². The summed E-state index contributed by atoms with van der Waals surface area (Å²) in [6.07, 6.45) is 3.91. The van der Waals surface area contributed by atoms with Gasteiger partial charge in [-0.1, -0.05) is 5.16 Å². The van der Waals surface area contributed by atoms with Gasteiger partial charge in [0.15, 0.2) is 5.82 Å². The minimum absolute atomic E-state index is 0.301. The van der Waals surface area contributed by atoms with Crippen molar-refractivity contribution in [2.24, 2.45) is 11.8 Å². The second-order valence-corrected chi connectivity index (χ2v) is 6.66. The first kappa shape index (κ1) is 15.2. The zero-order chi connectivity index (χ0) is 16.5. The number of rotatable bonds is 5. The van der Waals surface area contributed by atoms with E-state index in [-0.39, 0.29) is 0 Å². The lowest BCUT2D eigenvalue weighted by molar-refractivity contribution is -0.131. The van der Waals surface area contributed by atoms with Gasteiger partial charge in [0.1, 0.15) is 5.75 Å². The van der Waals surface area contributed by atoms with Crippen LogP contribution in [0.1, 0.15) is 25.1 Å². The number of methoxy groups -OCH3 is 1. The number of amides is 1. The number of aromatic nitrogens is 2. The minimum Gasteiger partial charge on any atom is -0.497 e. The molecule has 4 rings (SSSR count). The molecule has 1 saturated carbocycles. The van der Waals surface area contributed by atoms with Gasteiger partial charge in [-0.2, -0.15) is 4.98 Å². The Morgan fingerprint density at radius 3 is 2.79 bits per heavy atom. The highest BCUT2D eigenvalue weighted by Gasteiger charge is 2.36. The van der Waals surface area contributed by atoms with Gasteiger partial charge < -0.3 is 14.2 Å². The van der Waals surface area contributed by atoms with Crippen LogP contribution in [0.3, 0.4) is 0 Å². The average Bonchev–Trinajstić information content (AvgIpc) is 3.19. The molecule has 0 spiro atoms. The molecule has 2 fully saturated rings. The van der Waals surface area contributed by atoms with Gasteiger partial charge in [-0.25, -0.2) is 0 Å². The lowest BCUT2D eigenvalue weighted by Gasteiger charge is -2.15. The van der Waals surface area contributed by atoms with Crippen molar-refractivity contribution in [1.82, 2.24) is 15.0 Å². The monoisotopic (exact) mass is 327 g/mol. The molecule has 0 radical (unpaired) electrons. The molecule has 1 aromatic carbocycles. The van der Waals surface area contributed by atoms with Crippen molar-refractivity contribution >= 4 is 5.91 Å². The van der Waals surface area contributed by atoms with Gasteiger partial charge in [-0.05, 0) is 49.4 Å². The van der Waals surface area contributed by atoms with Crippen molar-refractivity contribution in [2.45, 2.75) is 25.7 Å². The van der Waals surface area contributed by atoms with Gasteiger partial charge in [-0.3, -0.25) is 4.79 Å². The first-order valence-corrected chi connectivity index (χ1v) is 8.48. The fourth-order valence-electron chi connectivity index (χ4n) is 3.23. The van der Waals surface area contributed by atoms with Crippen molar-refractivity contribution < 1.29 is 14.1 Å². The van der Waals surface area contributed by atoms with Crippen LogP contribution in [0.5, 0.6) is 5.75 Å². The van der Waals surface area contributed by atoms with Gasteiger partial charge in [0, 0.05) is 31.0 Å². The lowest BCUT2D eigenvalue weighted by atomic mass is 10.1. The highest BCUT2D eigenvalue weighted by molar-refractivity contribution is 5.81. The summed E-state index contributed by atoms with van der Waals surface area (Å²) in [5.41, 5.74) is 0.881. The summed E-state index contributed by atoms with van der Waals surface area (Å²) < 4.78 is 10.5. The predicted molar refractivity (Wildman–Crippen MR) is 87.4 cm³/mol. The van der Waals surface area contributed by atoms with Gasteiger partial charge >= 0.3 is 0 Å². The molecule has 1 aliphatic heterocycles. The number of benzene rings is 1. The predicted octanol–water partition coefficient (Wildman–Crippen LogP) is 2.55. The molecule has 6 heteroatoms. The average molecular weight is 327 g/mol. The number of likely N-dealkylation sites (tertiary alicyclic amines) is 1. The summed E-state index contributed by atoms with van der Waals surface area (Å²) in [5, 5.41) is 4.10. The van der Waals surface area contributed by atoms with Crippen LogP contribution in [-0.2, 0) is 11.2 Å². The molecule has 2 aliphatic rings. The van der Waals surface area contributed by atoms with E-state index >= 15 is 0 Å². The van der Waals surface area contributed by atoms with E-state index in [1.807, 2.05) is 29.2 Å².